The van der Waals surface area contributed by atoms with Crippen LogP contribution < -0.4 is 0 Å². The molecule has 1 aliphatic rings. The van der Waals surface area contributed by atoms with E-state index >= 15 is 0 Å². The van der Waals surface area contributed by atoms with Crippen LogP contribution in [0.25, 0.3) is 0 Å². The summed E-state index contributed by atoms with van der Waals surface area (Å²) in [6.45, 7) is 5.99. The van der Waals surface area contributed by atoms with Gasteiger partial charge >= 0.3 is 7.69 Å². The fourth-order valence-corrected chi connectivity index (χ4v) is 0.495. The van der Waals surface area contributed by atoms with Crippen LogP contribution in [-0.4, -0.2) is 19.4 Å². The summed E-state index contributed by atoms with van der Waals surface area (Å²) in [5, 5.41) is 0. The molecule has 1 saturated heterocycles. The molecule has 0 spiro atoms. The van der Waals surface area contributed by atoms with E-state index in [1.54, 1.807) is 0 Å². The van der Waals surface area contributed by atoms with Crippen LogP contribution >= 0.6 is 0 Å². The lowest BCUT2D eigenvalue weighted by atomic mass is 10.0. The van der Waals surface area contributed by atoms with Gasteiger partial charge in [0.2, 0.25) is 0 Å². The summed E-state index contributed by atoms with van der Waals surface area (Å²) in [7, 11) is 1.41. The van der Waals surface area contributed by atoms with Crippen molar-refractivity contribution >= 4 is 7.69 Å². The Kier molecular flexibility index (Phi) is 1.33. The molecular weight excluding hydrogens is 103 g/mol. The fourth-order valence-electron chi connectivity index (χ4n) is 0.495. The average molecular weight is 113 g/mol. The highest BCUT2D eigenvalue weighted by Crippen LogP contribution is 2.21. The summed E-state index contributed by atoms with van der Waals surface area (Å²) in [6, 6.07) is 0. The molecule has 1 heterocycles. The second-order valence-corrected chi connectivity index (χ2v) is 2.60. The maximum atomic E-state index is 5.11. The van der Waals surface area contributed by atoms with E-state index in [0.29, 0.717) is 0 Å². The maximum Gasteiger partial charge on any atom is 0.488 e. The summed E-state index contributed by atoms with van der Waals surface area (Å²) >= 11 is 0. The molecule has 0 bridgehead atoms. The standard InChI is InChI=1S/C5H10BO2/c1-4-5(2,3)8-6-7-4/h4H,1-3H3. The molecule has 0 aliphatic carbocycles. The minimum Gasteiger partial charge on any atom is -0.408 e. The van der Waals surface area contributed by atoms with Crippen LogP contribution in [0.3, 0.4) is 0 Å². The Hall–Kier alpha value is -0.0151. The topological polar surface area (TPSA) is 18.5 Å². The third kappa shape index (κ3) is 0.882. The van der Waals surface area contributed by atoms with Crippen LogP contribution in [0, 0.1) is 0 Å². The van der Waals surface area contributed by atoms with Gasteiger partial charge in [0.05, 0.1) is 11.7 Å². The predicted octanol–water partition coefficient (Wildman–Crippen LogP) is 0.734. The van der Waals surface area contributed by atoms with Gasteiger partial charge in [-0.2, -0.15) is 0 Å². The van der Waals surface area contributed by atoms with Crippen molar-refractivity contribution in [1.29, 1.82) is 0 Å². The van der Waals surface area contributed by atoms with Crippen LogP contribution in [0.5, 0.6) is 0 Å². The first-order chi connectivity index (χ1) is 3.63. The van der Waals surface area contributed by atoms with Crippen LogP contribution in [0.2, 0.25) is 0 Å². The molecule has 0 aromatic carbocycles. The van der Waals surface area contributed by atoms with Crippen LogP contribution in [-0.2, 0) is 9.31 Å². The van der Waals surface area contributed by atoms with Gasteiger partial charge in [0.15, 0.2) is 0 Å². The smallest absolute Gasteiger partial charge is 0.408 e. The SMILES string of the molecule is CC1O[B]OC1(C)C. The number of hydrogen-bond donors (Lipinski definition) is 0. The van der Waals surface area contributed by atoms with Gasteiger partial charge in [0.25, 0.3) is 0 Å². The minimum absolute atomic E-state index is 0.125. The maximum absolute atomic E-state index is 5.11. The van der Waals surface area contributed by atoms with Crippen LogP contribution in [0.15, 0.2) is 0 Å². The lowest BCUT2D eigenvalue weighted by Crippen LogP contribution is -2.29. The molecule has 45 valence electrons. The highest BCUT2D eigenvalue weighted by molar-refractivity contribution is 6.19. The Labute approximate surface area is 50.5 Å². The van der Waals surface area contributed by atoms with Crippen molar-refractivity contribution in [2.24, 2.45) is 0 Å². The number of hydrogen-bond acceptors (Lipinski definition) is 2. The Morgan fingerprint density at radius 3 is 2.25 bits per heavy atom. The summed E-state index contributed by atoms with van der Waals surface area (Å²) in [5.74, 6) is 0. The third-order valence-electron chi connectivity index (χ3n) is 1.59. The fraction of sp³-hybridized carbons (Fsp3) is 1.00. The van der Waals surface area contributed by atoms with Gasteiger partial charge in [-0.25, -0.2) is 0 Å². The van der Waals surface area contributed by atoms with Crippen molar-refractivity contribution in [3.63, 3.8) is 0 Å². The van der Waals surface area contributed by atoms with Gasteiger partial charge in [0, 0.05) is 0 Å². The molecule has 0 saturated carbocycles. The molecule has 0 amide bonds. The van der Waals surface area contributed by atoms with E-state index in [2.05, 4.69) is 0 Å². The monoisotopic (exact) mass is 113 g/mol. The van der Waals surface area contributed by atoms with E-state index in [-0.39, 0.29) is 11.7 Å². The molecule has 0 aromatic rings. The minimum atomic E-state index is -0.125. The highest BCUT2D eigenvalue weighted by atomic mass is 16.6. The van der Waals surface area contributed by atoms with Crippen molar-refractivity contribution in [2.75, 3.05) is 0 Å². The molecule has 1 rings (SSSR count). The zero-order valence-corrected chi connectivity index (χ0v) is 5.47. The molecular formula is C5H10BO2. The van der Waals surface area contributed by atoms with Crippen molar-refractivity contribution in [3.05, 3.63) is 0 Å². The van der Waals surface area contributed by atoms with E-state index < -0.39 is 0 Å². The lowest BCUT2D eigenvalue weighted by Gasteiger charge is -2.21. The largest absolute Gasteiger partial charge is 0.488 e. The van der Waals surface area contributed by atoms with Gasteiger partial charge in [0.1, 0.15) is 0 Å². The molecule has 1 aliphatic heterocycles. The molecule has 3 heteroatoms. The van der Waals surface area contributed by atoms with Gasteiger partial charge < -0.3 is 9.31 Å². The summed E-state index contributed by atoms with van der Waals surface area (Å²) < 4.78 is 10.1. The van der Waals surface area contributed by atoms with Crippen molar-refractivity contribution in [1.82, 2.24) is 0 Å². The van der Waals surface area contributed by atoms with Crippen LogP contribution in [0.1, 0.15) is 20.8 Å². The first-order valence-corrected chi connectivity index (χ1v) is 2.78. The molecule has 2 nitrogen and oxygen atoms in total. The van der Waals surface area contributed by atoms with Gasteiger partial charge in [-0.1, -0.05) is 0 Å². The van der Waals surface area contributed by atoms with Gasteiger partial charge in [-0.3, -0.25) is 0 Å². The molecule has 8 heavy (non-hydrogen) atoms. The van der Waals surface area contributed by atoms with Crippen LogP contribution in [0.4, 0.5) is 0 Å². The van der Waals surface area contributed by atoms with Crippen molar-refractivity contribution in [3.8, 4) is 0 Å². The second-order valence-electron chi connectivity index (χ2n) is 2.60. The highest BCUT2D eigenvalue weighted by Gasteiger charge is 2.33. The average Bonchev–Trinajstić information content (AvgIpc) is 1.86. The molecule has 1 radical (unpaired) electrons. The van der Waals surface area contributed by atoms with E-state index in [1.807, 2.05) is 20.8 Å². The summed E-state index contributed by atoms with van der Waals surface area (Å²) in [4.78, 5) is 0. The Bertz CT molecular complexity index is 92.4. The first-order valence-electron chi connectivity index (χ1n) is 2.78. The first kappa shape index (κ1) is 6.11. The quantitative estimate of drug-likeness (QED) is 0.431. The van der Waals surface area contributed by atoms with E-state index in [0.717, 1.165) is 0 Å². The van der Waals surface area contributed by atoms with Gasteiger partial charge in [-0.05, 0) is 20.8 Å². The lowest BCUT2D eigenvalue weighted by molar-refractivity contribution is 0.0846. The van der Waals surface area contributed by atoms with E-state index in [9.17, 15) is 0 Å². The molecule has 1 atom stereocenters. The van der Waals surface area contributed by atoms with Gasteiger partial charge in [-0.15, -0.1) is 0 Å². The predicted molar refractivity (Wildman–Crippen MR) is 31.5 cm³/mol. The molecule has 1 fully saturated rings. The van der Waals surface area contributed by atoms with Crippen molar-refractivity contribution in [2.45, 2.75) is 32.5 Å². The molecule has 1 unspecified atom stereocenters. The van der Waals surface area contributed by atoms with E-state index in [4.69, 9.17) is 9.31 Å². The Morgan fingerprint density at radius 2 is 2.12 bits per heavy atom. The number of rotatable bonds is 0. The Balaban J connectivity index is 2.54. The summed E-state index contributed by atoms with van der Waals surface area (Å²) in [5.41, 5.74) is -0.125. The summed E-state index contributed by atoms with van der Waals surface area (Å²) in [6.07, 6.45) is 0.183. The van der Waals surface area contributed by atoms with Crippen molar-refractivity contribution < 1.29 is 9.31 Å². The zero-order chi connectivity index (χ0) is 6.20. The third-order valence-corrected chi connectivity index (χ3v) is 1.59. The van der Waals surface area contributed by atoms with E-state index in [1.165, 1.54) is 7.69 Å². The second kappa shape index (κ2) is 1.74. The zero-order valence-electron chi connectivity index (χ0n) is 5.47. The Morgan fingerprint density at radius 1 is 1.50 bits per heavy atom. The normalized spacial score (nSPS) is 34.6. The molecule has 0 N–H and O–H groups in total. The molecule has 0 aromatic heterocycles.